The number of esters is 1. The predicted octanol–water partition coefficient (Wildman–Crippen LogP) is 4.51. The monoisotopic (exact) mass is 414 g/mol. The summed E-state index contributed by atoms with van der Waals surface area (Å²) in [4.78, 5) is 27.2. The first kappa shape index (κ1) is 19.1. The summed E-state index contributed by atoms with van der Waals surface area (Å²) in [6, 6.07) is 7.18. The minimum atomic E-state index is -4.69. The molecule has 1 aromatic heterocycles. The van der Waals surface area contributed by atoms with Crippen LogP contribution in [0, 0.1) is 4.77 Å². The smallest absolute Gasteiger partial charge is 0.417 e. The average Bonchev–Trinajstić information content (AvgIpc) is 2.60. The van der Waals surface area contributed by atoms with Crippen LogP contribution in [0.1, 0.15) is 15.9 Å². The highest BCUT2D eigenvalue weighted by Crippen LogP contribution is 2.35. The average molecular weight is 415 g/mol. The Morgan fingerprint density at radius 1 is 1.22 bits per heavy atom. The van der Waals surface area contributed by atoms with Gasteiger partial charge in [0.15, 0.2) is 4.77 Å². The molecule has 1 heterocycles. The molecule has 0 fully saturated rings. The molecule has 0 radical (unpaired) electrons. The number of carbonyl (C=O) groups excluding carboxylic acids is 1. The number of methoxy groups -OCH3 is 1. The van der Waals surface area contributed by atoms with Crippen LogP contribution >= 0.6 is 23.8 Å². The summed E-state index contributed by atoms with van der Waals surface area (Å²) < 4.78 is 44.7. The summed E-state index contributed by atoms with van der Waals surface area (Å²) in [7, 11) is 1.21. The number of nitrogens with zero attached hydrogens (tertiary/aromatic N) is 1. The number of carbonyl (C=O) groups is 1. The maximum absolute atomic E-state index is 13.1. The van der Waals surface area contributed by atoms with Gasteiger partial charge in [-0.25, -0.2) is 4.79 Å². The number of hydrogen-bond acceptors (Lipinski definition) is 4. The number of aromatic amines is 1. The summed E-state index contributed by atoms with van der Waals surface area (Å²) in [6.07, 6.45) is -4.69. The van der Waals surface area contributed by atoms with E-state index in [2.05, 4.69) is 9.72 Å². The quantitative estimate of drug-likeness (QED) is 0.495. The van der Waals surface area contributed by atoms with Crippen molar-refractivity contribution in [3.8, 4) is 5.69 Å². The lowest BCUT2D eigenvalue weighted by Gasteiger charge is -2.13. The van der Waals surface area contributed by atoms with Gasteiger partial charge in [-0.3, -0.25) is 9.36 Å². The van der Waals surface area contributed by atoms with Crippen LogP contribution in [0.3, 0.4) is 0 Å². The Labute approximate surface area is 160 Å². The number of benzene rings is 2. The maximum atomic E-state index is 13.1. The van der Waals surface area contributed by atoms with E-state index >= 15 is 0 Å². The SMILES string of the molecule is COC(=O)c1ccc2c(=O)n(-c3ccc(Cl)c(C(F)(F)F)c3)c(=S)[nH]c2c1. The maximum Gasteiger partial charge on any atom is 0.417 e. The third kappa shape index (κ3) is 3.47. The molecule has 0 unspecified atom stereocenters. The van der Waals surface area contributed by atoms with Gasteiger partial charge in [-0.2, -0.15) is 13.2 Å². The van der Waals surface area contributed by atoms with E-state index in [9.17, 15) is 22.8 Å². The second-order valence-electron chi connectivity index (χ2n) is 5.48. The molecule has 0 saturated carbocycles. The highest BCUT2D eigenvalue weighted by Gasteiger charge is 2.33. The molecule has 1 N–H and O–H groups in total. The fraction of sp³-hybridized carbons (Fsp3) is 0.118. The number of nitrogens with one attached hydrogen (secondary N) is 1. The van der Waals surface area contributed by atoms with E-state index < -0.39 is 28.3 Å². The zero-order valence-corrected chi connectivity index (χ0v) is 15.1. The number of aromatic nitrogens is 2. The van der Waals surface area contributed by atoms with Gasteiger partial charge in [0.05, 0.1) is 39.8 Å². The van der Waals surface area contributed by atoms with Gasteiger partial charge >= 0.3 is 12.1 Å². The van der Waals surface area contributed by atoms with Gasteiger partial charge in [-0.15, -0.1) is 0 Å². The molecule has 0 saturated heterocycles. The molecule has 3 aromatic rings. The topological polar surface area (TPSA) is 64.1 Å². The lowest BCUT2D eigenvalue weighted by atomic mass is 10.1. The molecule has 0 spiro atoms. The standard InChI is InChI=1S/C17H10ClF3N2O3S/c1-26-15(25)8-2-4-10-13(6-8)22-16(27)23(14(10)24)9-3-5-12(18)11(7-9)17(19,20)21/h2-7H,1H3,(H,22,27). The summed E-state index contributed by atoms with van der Waals surface area (Å²) in [5.41, 5.74) is -1.35. The van der Waals surface area contributed by atoms with Crippen molar-refractivity contribution in [3.63, 3.8) is 0 Å². The van der Waals surface area contributed by atoms with E-state index in [4.69, 9.17) is 23.8 Å². The van der Waals surface area contributed by atoms with Crippen molar-refractivity contribution in [2.45, 2.75) is 6.18 Å². The third-order valence-electron chi connectivity index (χ3n) is 3.83. The minimum absolute atomic E-state index is 0.0862. The van der Waals surface area contributed by atoms with Gasteiger partial charge in [-0.05, 0) is 48.6 Å². The Hall–Kier alpha value is -2.65. The Morgan fingerprint density at radius 3 is 2.56 bits per heavy atom. The Bertz CT molecular complexity index is 1180. The largest absolute Gasteiger partial charge is 0.465 e. The molecule has 3 rings (SSSR count). The van der Waals surface area contributed by atoms with Crippen LogP contribution in [0.4, 0.5) is 13.2 Å². The molecular weight excluding hydrogens is 405 g/mol. The molecule has 0 bridgehead atoms. The predicted molar refractivity (Wildman–Crippen MR) is 96.1 cm³/mol. The van der Waals surface area contributed by atoms with Crippen LogP contribution < -0.4 is 5.56 Å². The number of halogens is 4. The van der Waals surface area contributed by atoms with Crippen molar-refractivity contribution in [3.05, 3.63) is 67.7 Å². The van der Waals surface area contributed by atoms with Crippen molar-refractivity contribution in [2.24, 2.45) is 0 Å². The fourth-order valence-electron chi connectivity index (χ4n) is 2.57. The summed E-state index contributed by atoms with van der Waals surface area (Å²) in [5.74, 6) is -0.604. The zero-order valence-electron chi connectivity index (χ0n) is 13.6. The molecule has 0 aliphatic carbocycles. The first-order valence-electron chi connectivity index (χ1n) is 7.38. The highest BCUT2D eigenvalue weighted by molar-refractivity contribution is 7.71. The van der Waals surface area contributed by atoms with Gasteiger partial charge in [0.25, 0.3) is 5.56 Å². The van der Waals surface area contributed by atoms with Crippen LogP contribution in [-0.4, -0.2) is 22.6 Å². The first-order valence-corrected chi connectivity index (χ1v) is 8.16. The van der Waals surface area contributed by atoms with E-state index in [0.717, 1.165) is 16.7 Å². The molecule has 0 atom stereocenters. The third-order valence-corrected chi connectivity index (χ3v) is 4.45. The fourth-order valence-corrected chi connectivity index (χ4v) is 3.09. The van der Waals surface area contributed by atoms with E-state index in [1.54, 1.807) is 0 Å². The van der Waals surface area contributed by atoms with Gasteiger partial charge in [0.1, 0.15) is 0 Å². The summed E-state index contributed by atoms with van der Waals surface area (Å²) in [5, 5.41) is -0.350. The van der Waals surface area contributed by atoms with Gasteiger partial charge in [0.2, 0.25) is 0 Å². The minimum Gasteiger partial charge on any atom is -0.465 e. The van der Waals surface area contributed by atoms with Crippen LogP contribution in [0.2, 0.25) is 5.02 Å². The number of fused-ring (bicyclic) bond motifs is 1. The lowest BCUT2D eigenvalue weighted by molar-refractivity contribution is -0.137. The first-order chi connectivity index (χ1) is 12.6. The normalized spacial score (nSPS) is 11.6. The molecule has 140 valence electrons. The number of H-pyrrole nitrogens is 1. The Kier molecular flexibility index (Phi) is 4.83. The van der Waals surface area contributed by atoms with Crippen molar-refractivity contribution >= 4 is 40.7 Å². The van der Waals surface area contributed by atoms with Crippen LogP contribution in [0.15, 0.2) is 41.2 Å². The second kappa shape index (κ2) is 6.82. The Balaban J connectivity index is 2.27. The number of alkyl halides is 3. The van der Waals surface area contributed by atoms with Gasteiger partial charge < -0.3 is 9.72 Å². The van der Waals surface area contributed by atoms with Crippen LogP contribution in [0.25, 0.3) is 16.6 Å². The lowest BCUT2D eigenvalue weighted by Crippen LogP contribution is -2.21. The van der Waals surface area contributed by atoms with Crippen molar-refractivity contribution in [1.29, 1.82) is 0 Å². The number of rotatable bonds is 2. The molecule has 2 aromatic carbocycles. The van der Waals surface area contributed by atoms with E-state index in [1.165, 1.54) is 31.4 Å². The van der Waals surface area contributed by atoms with Gasteiger partial charge in [-0.1, -0.05) is 11.6 Å². The highest BCUT2D eigenvalue weighted by atomic mass is 35.5. The summed E-state index contributed by atoms with van der Waals surface area (Å²) in [6.45, 7) is 0. The summed E-state index contributed by atoms with van der Waals surface area (Å²) >= 11 is 10.8. The van der Waals surface area contributed by atoms with E-state index in [0.29, 0.717) is 0 Å². The van der Waals surface area contributed by atoms with Crippen molar-refractivity contribution in [2.75, 3.05) is 7.11 Å². The van der Waals surface area contributed by atoms with Crippen LogP contribution in [0.5, 0.6) is 0 Å². The number of ether oxygens (including phenoxy) is 1. The molecule has 10 heteroatoms. The van der Waals surface area contributed by atoms with Crippen molar-refractivity contribution < 1.29 is 22.7 Å². The second-order valence-corrected chi connectivity index (χ2v) is 6.28. The molecule has 5 nitrogen and oxygen atoms in total. The number of hydrogen-bond donors (Lipinski definition) is 1. The zero-order chi connectivity index (χ0) is 19.9. The molecule has 0 aliphatic heterocycles. The molecule has 0 amide bonds. The van der Waals surface area contributed by atoms with Gasteiger partial charge in [0, 0.05) is 0 Å². The van der Waals surface area contributed by atoms with Crippen molar-refractivity contribution in [1.82, 2.24) is 9.55 Å². The van der Waals surface area contributed by atoms with Crippen LogP contribution in [-0.2, 0) is 10.9 Å². The van der Waals surface area contributed by atoms with E-state index in [-0.39, 0.29) is 26.9 Å². The van der Waals surface area contributed by atoms with E-state index in [1.807, 2.05) is 0 Å². The molecule has 27 heavy (non-hydrogen) atoms. The molecule has 0 aliphatic rings. The Morgan fingerprint density at radius 2 is 1.93 bits per heavy atom. The molecular formula is C17H10ClF3N2O3S.